The molecule has 1 saturated carbocycles. The van der Waals surface area contributed by atoms with Crippen LogP contribution in [0.4, 0.5) is 14.6 Å². The highest BCUT2D eigenvalue weighted by Crippen LogP contribution is 2.46. The molecule has 2 unspecified atom stereocenters. The lowest BCUT2D eigenvalue weighted by Gasteiger charge is -2.37. The first-order valence-electron chi connectivity index (χ1n) is 15.4. The zero-order chi connectivity index (χ0) is 29.5. The maximum Gasteiger partial charge on any atom is 0.319 e. The molecule has 8 rings (SSSR count). The summed E-state index contributed by atoms with van der Waals surface area (Å²) in [6, 6.07) is 9.19. The van der Waals surface area contributed by atoms with Gasteiger partial charge in [0.05, 0.1) is 17.0 Å². The Labute approximate surface area is 248 Å². The van der Waals surface area contributed by atoms with E-state index in [0.29, 0.717) is 36.3 Å². The Hall–Kier alpha value is -3.63. The number of hydrogen-bond acceptors (Lipinski definition) is 8. The molecule has 0 amide bonds. The Balaban J connectivity index is 1.27. The molecule has 5 atom stereocenters. The lowest BCUT2D eigenvalue weighted by molar-refractivity contribution is 0.0980. The summed E-state index contributed by atoms with van der Waals surface area (Å²) in [4.78, 5) is 18.2. The van der Waals surface area contributed by atoms with Crippen LogP contribution in [0.15, 0.2) is 36.5 Å². The van der Waals surface area contributed by atoms with Gasteiger partial charge in [0.1, 0.15) is 35.6 Å². The second-order valence-corrected chi connectivity index (χ2v) is 12.8. The van der Waals surface area contributed by atoms with Crippen molar-refractivity contribution in [2.24, 2.45) is 5.92 Å². The zero-order valence-corrected chi connectivity index (χ0v) is 24.1. The van der Waals surface area contributed by atoms with Crippen LogP contribution in [0.25, 0.3) is 32.9 Å². The standard InChI is InChI=1S/C33H35F2N5O3/c1-2-18-5-3-6-19-11-21(41)12-23(27(18)19)29-28(35)30-24(14-36-29)31(40-16-26(42)22-7-8-25(22)40)38-32(37-30)43-17-33-9-4-10-39(33)15-20(34)13-33/h3,5-6,11-12,14,20,22,25-26,41-42H,2,4,7-10,13,15-17H2,1H3/t20-,22?,25+,26?,33+/m1/s1. The number of benzene rings is 2. The summed E-state index contributed by atoms with van der Waals surface area (Å²) < 4.78 is 37.4. The van der Waals surface area contributed by atoms with Crippen molar-refractivity contribution in [2.45, 2.75) is 69.3 Å². The fraction of sp³-hybridized carbons (Fsp3) is 0.485. The summed E-state index contributed by atoms with van der Waals surface area (Å²) in [6.45, 7) is 3.90. The van der Waals surface area contributed by atoms with E-state index in [4.69, 9.17) is 9.72 Å². The summed E-state index contributed by atoms with van der Waals surface area (Å²) in [5, 5.41) is 23.4. The van der Waals surface area contributed by atoms with Crippen LogP contribution in [0.2, 0.25) is 0 Å². The number of fused-ring (bicyclic) bond motifs is 4. The van der Waals surface area contributed by atoms with E-state index in [1.54, 1.807) is 18.3 Å². The smallest absolute Gasteiger partial charge is 0.319 e. The van der Waals surface area contributed by atoms with Crippen molar-refractivity contribution < 1.29 is 23.7 Å². The molecule has 3 aliphatic heterocycles. The van der Waals surface area contributed by atoms with E-state index in [1.165, 1.54) is 0 Å². The molecule has 5 heterocycles. The van der Waals surface area contributed by atoms with Crippen molar-refractivity contribution in [1.82, 2.24) is 19.9 Å². The number of pyridine rings is 1. The van der Waals surface area contributed by atoms with Crippen LogP contribution in [0.3, 0.4) is 0 Å². The quantitative estimate of drug-likeness (QED) is 0.319. The molecular weight excluding hydrogens is 552 g/mol. The molecule has 2 N–H and O–H groups in total. The predicted molar refractivity (Wildman–Crippen MR) is 160 cm³/mol. The summed E-state index contributed by atoms with van der Waals surface area (Å²) in [6.07, 6.45) is 5.03. The summed E-state index contributed by atoms with van der Waals surface area (Å²) >= 11 is 0. The maximum atomic E-state index is 16.8. The van der Waals surface area contributed by atoms with E-state index < -0.39 is 23.6 Å². The summed E-state index contributed by atoms with van der Waals surface area (Å²) in [5.41, 5.74) is 1.27. The number of hydrogen-bond donors (Lipinski definition) is 2. The molecule has 8 nitrogen and oxygen atoms in total. The lowest BCUT2D eigenvalue weighted by atomic mass is 9.79. The van der Waals surface area contributed by atoms with Crippen molar-refractivity contribution in [1.29, 1.82) is 0 Å². The van der Waals surface area contributed by atoms with Gasteiger partial charge in [-0.05, 0) is 67.1 Å². The van der Waals surface area contributed by atoms with E-state index in [-0.39, 0.29) is 41.5 Å². The maximum absolute atomic E-state index is 16.8. The minimum Gasteiger partial charge on any atom is -0.508 e. The van der Waals surface area contributed by atoms with Gasteiger partial charge in [-0.25, -0.2) is 8.78 Å². The van der Waals surface area contributed by atoms with Gasteiger partial charge in [-0.3, -0.25) is 9.88 Å². The van der Waals surface area contributed by atoms with Gasteiger partial charge in [-0.1, -0.05) is 25.1 Å². The third-order valence-corrected chi connectivity index (χ3v) is 10.4. The number of β-amino-alcohol motifs (C(OH)–C–C–N with tert-alkyl or cyclic N) is 1. The Morgan fingerprint density at radius 2 is 2.05 bits per heavy atom. The summed E-state index contributed by atoms with van der Waals surface area (Å²) in [7, 11) is 0. The van der Waals surface area contributed by atoms with Gasteiger partial charge in [-0.2, -0.15) is 9.97 Å². The van der Waals surface area contributed by atoms with Gasteiger partial charge >= 0.3 is 6.01 Å². The van der Waals surface area contributed by atoms with Crippen LogP contribution in [0.1, 0.15) is 44.6 Å². The number of aryl methyl sites for hydroxylation is 1. The molecule has 1 aliphatic carbocycles. The number of aliphatic hydroxyl groups excluding tert-OH is 1. The van der Waals surface area contributed by atoms with Gasteiger partial charge in [0.15, 0.2) is 5.82 Å². The Morgan fingerprint density at radius 3 is 2.84 bits per heavy atom. The molecule has 43 heavy (non-hydrogen) atoms. The van der Waals surface area contributed by atoms with Crippen LogP contribution in [-0.2, 0) is 6.42 Å². The summed E-state index contributed by atoms with van der Waals surface area (Å²) in [5.74, 6) is 0.0481. The first-order chi connectivity index (χ1) is 20.8. The normalized spacial score (nSPS) is 28.4. The minimum absolute atomic E-state index is 0.0228. The number of rotatable bonds is 6. The van der Waals surface area contributed by atoms with Crippen molar-refractivity contribution in [2.75, 3.05) is 31.1 Å². The number of ether oxygens (including phenoxy) is 1. The molecule has 10 heteroatoms. The Morgan fingerprint density at radius 1 is 1.16 bits per heavy atom. The van der Waals surface area contributed by atoms with Gasteiger partial charge in [0.25, 0.3) is 0 Å². The average Bonchev–Trinajstić information content (AvgIpc) is 3.57. The van der Waals surface area contributed by atoms with E-state index in [0.717, 1.165) is 55.0 Å². The van der Waals surface area contributed by atoms with Crippen LogP contribution in [0, 0.1) is 11.7 Å². The number of halogens is 2. The van der Waals surface area contributed by atoms with Crippen LogP contribution in [-0.4, -0.2) is 80.2 Å². The molecule has 0 spiro atoms. The number of aromatic hydroxyl groups is 1. The van der Waals surface area contributed by atoms with Gasteiger partial charge < -0.3 is 19.8 Å². The first kappa shape index (κ1) is 27.0. The lowest BCUT2D eigenvalue weighted by Crippen LogP contribution is -2.43. The number of aliphatic hydroxyl groups is 1. The fourth-order valence-corrected chi connectivity index (χ4v) is 8.17. The molecule has 4 aliphatic rings. The van der Waals surface area contributed by atoms with Gasteiger partial charge in [-0.15, -0.1) is 0 Å². The highest BCUT2D eigenvalue weighted by molar-refractivity contribution is 6.01. The van der Waals surface area contributed by atoms with Gasteiger partial charge in [0.2, 0.25) is 0 Å². The van der Waals surface area contributed by atoms with Crippen molar-refractivity contribution in [3.05, 3.63) is 47.9 Å². The molecule has 2 aromatic carbocycles. The van der Waals surface area contributed by atoms with E-state index >= 15 is 4.39 Å². The molecule has 2 aromatic heterocycles. The monoisotopic (exact) mass is 587 g/mol. The minimum atomic E-state index is -0.894. The number of phenolic OH excluding ortho intramolecular Hbond substituents is 1. The van der Waals surface area contributed by atoms with Crippen molar-refractivity contribution in [3.63, 3.8) is 0 Å². The van der Waals surface area contributed by atoms with Crippen LogP contribution >= 0.6 is 0 Å². The topological polar surface area (TPSA) is 94.8 Å². The van der Waals surface area contributed by atoms with E-state index in [1.807, 2.05) is 30.0 Å². The molecule has 4 fully saturated rings. The van der Waals surface area contributed by atoms with E-state index in [9.17, 15) is 14.6 Å². The van der Waals surface area contributed by atoms with Crippen LogP contribution in [0.5, 0.6) is 11.8 Å². The molecule has 4 aromatic rings. The highest BCUT2D eigenvalue weighted by Gasteiger charge is 2.50. The second-order valence-electron chi connectivity index (χ2n) is 12.8. The zero-order valence-electron chi connectivity index (χ0n) is 24.1. The molecular formula is C33H35F2N5O3. The molecule has 0 bridgehead atoms. The van der Waals surface area contributed by atoms with Crippen molar-refractivity contribution in [3.8, 4) is 23.0 Å². The number of alkyl halides is 1. The molecule has 0 radical (unpaired) electrons. The number of anilines is 1. The Kier molecular flexibility index (Phi) is 6.24. The number of aromatic nitrogens is 3. The number of nitrogens with zero attached hydrogens (tertiary/aromatic N) is 5. The van der Waals surface area contributed by atoms with E-state index in [2.05, 4.69) is 14.9 Å². The molecule has 3 saturated heterocycles. The molecule has 224 valence electrons. The predicted octanol–water partition coefficient (Wildman–Crippen LogP) is 5.17. The highest BCUT2D eigenvalue weighted by atomic mass is 19.1. The third-order valence-electron chi connectivity index (χ3n) is 10.4. The largest absolute Gasteiger partial charge is 0.508 e. The third kappa shape index (κ3) is 4.17. The second kappa shape index (κ2) is 9.95. The van der Waals surface area contributed by atoms with Crippen LogP contribution < -0.4 is 9.64 Å². The average molecular weight is 588 g/mol. The Bertz CT molecular complexity index is 1750. The van der Waals surface area contributed by atoms with Gasteiger partial charge in [0, 0.05) is 43.2 Å². The fourth-order valence-electron chi connectivity index (χ4n) is 8.17. The first-order valence-corrected chi connectivity index (χ1v) is 15.4. The van der Waals surface area contributed by atoms with Crippen molar-refractivity contribution >= 4 is 27.5 Å². The SMILES string of the molecule is CCc1cccc2cc(O)cc(-c3ncc4c(N5CC(O)C6CC[C@@H]65)nc(OC[C@@]56CCCN5C[C@H](F)C6)nc4c3F)c12. The number of phenols is 1.